The highest BCUT2D eigenvalue weighted by Gasteiger charge is 2.20. The lowest BCUT2D eigenvalue weighted by molar-refractivity contribution is 0.0697. The predicted molar refractivity (Wildman–Crippen MR) is 159 cm³/mol. The van der Waals surface area contributed by atoms with Crippen molar-refractivity contribution in [1.29, 1.82) is 0 Å². The van der Waals surface area contributed by atoms with Crippen LogP contribution < -0.4 is 0 Å². The number of aromatic nitrogens is 2. The van der Waals surface area contributed by atoms with Crippen molar-refractivity contribution in [3.05, 3.63) is 89.2 Å². The number of nitrogens with zero attached hydrogens (tertiary/aromatic N) is 4. The topological polar surface area (TPSA) is 70.7 Å². The molecule has 0 fully saturated rings. The number of aliphatic imine (C=N–C) groups is 1. The molecule has 0 aliphatic carbocycles. The SMILES string of the molecule is CCCCCCN1CCN=C1c1ccc2nc(CCC)n(Cc3ccc(-c4ccccc4C(=O)O)cc3)c2c1. The number of carboxylic acid groups (broad SMARTS) is 1. The Labute approximate surface area is 231 Å². The number of fused-ring (bicyclic) bond motifs is 1. The molecule has 6 heteroatoms. The zero-order chi connectivity index (χ0) is 27.2. The fraction of sp³-hybridized carbons (Fsp3) is 0.364. The van der Waals surface area contributed by atoms with Crippen molar-refractivity contribution in [2.75, 3.05) is 19.6 Å². The first-order chi connectivity index (χ1) is 19.1. The monoisotopic (exact) mass is 522 g/mol. The first-order valence-corrected chi connectivity index (χ1v) is 14.3. The van der Waals surface area contributed by atoms with Gasteiger partial charge in [-0.05, 0) is 53.8 Å². The molecule has 4 aromatic rings. The largest absolute Gasteiger partial charge is 0.478 e. The Morgan fingerprint density at radius 1 is 0.923 bits per heavy atom. The molecule has 0 spiro atoms. The van der Waals surface area contributed by atoms with E-state index in [1.54, 1.807) is 12.1 Å². The summed E-state index contributed by atoms with van der Waals surface area (Å²) in [7, 11) is 0. The van der Waals surface area contributed by atoms with Gasteiger partial charge in [-0.15, -0.1) is 0 Å². The highest BCUT2D eigenvalue weighted by atomic mass is 16.4. The third kappa shape index (κ3) is 5.90. The average molecular weight is 523 g/mol. The first-order valence-electron chi connectivity index (χ1n) is 14.3. The quantitative estimate of drug-likeness (QED) is 0.203. The fourth-order valence-electron chi connectivity index (χ4n) is 5.50. The summed E-state index contributed by atoms with van der Waals surface area (Å²) in [6.07, 6.45) is 6.96. The molecule has 0 amide bonds. The fourth-order valence-corrected chi connectivity index (χ4v) is 5.50. The third-order valence-corrected chi connectivity index (χ3v) is 7.53. The molecule has 1 aliphatic rings. The van der Waals surface area contributed by atoms with Gasteiger partial charge >= 0.3 is 5.97 Å². The molecule has 2 heterocycles. The van der Waals surface area contributed by atoms with E-state index in [0.717, 1.165) is 71.9 Å². The second kappa shape index (κ2) is 12.3. The van der Waals surface area contributed by atoms with Crippen LogP contribution in [-0.4, -0.2) is 51.0 Å². The van der Waals surface area contributed by atoms with Crippen LogP contribution >= 0.6 is 0 Å². The van der Waals surface area contributed by atoms with E-state index >= 15 is 0 Å². The Hall–Kier alpha value is -3.93. The minimum Gasteiger partial charge on any atom is -0.478 e. The van der Waals surface area contributed by atoms with E-state index in [4.69, 9.17) is 9.98 Å². The Kier molecular flexibility index (Phi) is 8.40. The number of aromatic carboxylic acids is 1. The van der Waals surface area contributed by atoms with Crippen LogP contribution in [0.4, 0.5) is 0 Å². The lowest BCUT2D eigenvalue weighted by Crippen LogP contribution is -2.29. The summed E-state index contributed by atoms with van der Waals surface area (Å²) in [5.74, 6) is 1.29. The highest BCUT2D eigenvalue weighted by molar-refractivity contribution is 6.02. The molecule has 0 bridgehead atoms. The number of amidine groups is 1. The van der Waals surface area contributed by atoms with Gasteiger partial charge in [0.05, 0.1) is 23.1 Å². The van der Waals surface area contributed by atoms with Crippen LogP contribution in [0, 0.1) is 0 Å². The van der Waals surface area contributed by atoms with E-state index in [-0.39, 0.29) is 0 Å². The van der Waals surface area contributed by atoms with Gasteiger partial charge < -0.3 is 14.6 Å². The molecule has 0 unspecified atom stereocenters. The Morgan fingerprint density at radius 2 is 1.72 bits per heavy atom. The second-order valence-corrected chi connectivity index (χ2v) is 10.4. The van der Waals surface area contributed by atoms with Gasteiger partial charge in [0, 0.05) is 31.6 Å². The van der Waals surface area contributed by atoms with Crippen LogP contribution in [0.2, 0.25) is 0 Å². The van der Waals surface area contributed by atoms with Gasteiger partial charge in [-0.25, -0.2) is 9.78 Å². The summed E-state index contributed by atoms with van der Waals surface area (Å²) in [5.41, 5.74) is 6.43. The zero-order valence-electron chi connectivity index (χ0n) is 23.1. The van der Waals surface area contributed by atoms with E-state index < -0.39 is 5.97 Å². The standard InChI is InChI=1S/C33H38N4O2/c1-3-5-6-9-20-36-21-19-34-32(36)26-17-18-29-30(22-26)37(31(35-29)10-4-2)23-24-13-15-25(16-14-24)27-11-7-8-12-28(27)33(38)39/h7-8,11-18,22H,3-6,9-10,19-21,23H2,1-2H3,(H,38,39). The number of unbranched alkanes of at least 4 members (excludes halogenated alkanes) is 3. The minimum atomic E-state index is -0.911. The summed E-state index contributed by atoms with van der Waals surface area (Å²) in [5, 5.41) is 9.59. The molecule has 39 heavy (non-hydrogen) atoms. The van der Waals surface area contributed by atoms with Crippen molar-refractivity contribution < 1.29 is 9.90 Å². The van der Waals surface area contributed by atoms with Crippen molar-refractivity contribution in [3.8, 4) is 11.1 Å². The molecule has 5 rings (SSSR count). The highest BCUT2D eigenvalue weighted by Crippen LogP contribution is 2.26. The number of carbonyl (C=O) groups is 1. The predicted octanol–water partition coefficient (Wildman–Crippen LogP) is 7.04. The number of carboxylic acids is 1. The average Bonchev–Trinajstić information content (AvgIpc) is 3.56. The van der Waals surface area contributed by atoms with Crippen molar-refractivity contribution >= 4 is 22.8 Å². The van der Waals surface area contributed by atoms with Crippen LogP contribution in [0.1, 0.15) is 73.3 Å². The van der Waals surface area contributed by atoms with Crippen LogP contribution in [0.15, 0.2) is 71.7 Å². The molecule has 0 radical (unpaired) electrons. The maximum absolute atomic E-state index is 11.7. The van der Waals surface area contributed by atoms with Gasteiger partial charge in [0.2, 0.25) is 0 Å². The zero-order valence-corrected chi connectivity index (χ0v) is 23.1. The molecular weight excluding hydrogens is 484 g/mol. The lowest BCUT2D eigenvalue weighted by Gasteiger charge is -2.20. The van der Waals surface area contributed by atoms with Gasteiger partial charge in [-0.1, -0.05) is 75.6 Å². The molecule has 0 saturated heterocycles. The van der Waals surface area contributed by atoms with E-state index in [2.05, 4.69) is 53.6 Å². The number of aryl methyl sites for hydroxylation is 1. The van der Waals surface area contributed by atoms with Crippen LogP contribution in [0.25, 0.3) is 22.2 Å². The van der Waals surface area contributed by atoms with Crippen molar-refractivity contribution in [1.82, 2.24) is 14.5 Å². The number of imidazole rings is 1. The second-order valence-electron chi connectivity index (χ2n) is 10.4. The van der Waals surface area contributed by atoms with E-state index in [0.29, 0.717) is 12.1 Å². The van der Waals surface area contributed by atoms with Gasteiger partial charge in [-0.2, -0.15) is 0 Å². The normalized spacial score (nSPS) is 13.3. The van der Waals surface area contributed by atoms with Gasteiger partial charge in [-0.3, -0.25) is 4.99 Å². The Bertz CT molecular complexity index is 1470. The van der Waals surface area contributed by atoms with E-state index in [1.165, 1.54) is 31.2 Å². The maximum Gasteiger partial charge on any atom is 0.336 e. The Morgan fingerprint density at radius 3 is 2.49 bits per heavy atom. The molecule has 3 aromatic carbocycles. The minimum absolute atomic E-state index is 0.317. The molecule has 6 nitrogen and oxygen atoms in total. The number of hydrogen-bond acceptors (Lipinski definition) is 4. The maximum atomic E-state index is 11.7. The van der Waals surface area contributed by atoms with E-state index in [1.807, 2.05) is 24.3 Å². The van der Waals surface area contributed by atoms with Gasteiger partial charge in [0.1, 0.15) is 11.7 Å². The van der Waals surface area contributed by atoms with Crippen LogP contribution in [0.5, 0.6) is 0 Å². The molecule has 1 aromatic heterocycles. The summed E-state index contributed by atoms with van der Waals surface area (Å²) < 4.78 is 2.34. The van der Waals surface area contributed by atoms with Crippen molar-refractivity contribution in [3.63, 3.8) is 0 Å². The van der Waals surface area contributed by atoms with E-state index in [9.17, 15) is 9.90 Å². The molecule has 1 N–H and O–H groups in total. The van der Waals surface area contributed by atoms with Gasteiger partial charge in [0.25, 0.3) is 0 Å². The number of hydrogen-bond donors (Lipinski definition) is 1. The molecule has 0 atom stereocenters. The summed E-state index contributed by atoms with van der Waals surface area (Å²) in [6.45, 7) is 8.07. The first kappa shape index (κ1) is 26.7. The third-order valence-electron chi connectivity index (χ3n) is 7.53. The molecule has 1 aliphatic heterocycles. The summed E-state index contributed by atoms with van der Waals surface area (Å²) >= 11 is 0. The summed E-state index contributed by atoms with van der Waals surface area (Å²) in [4.78, 5) is 24.0. The Balaban J connectivity index is 1.43. The smallest absolute Gasteiger partial charge is 0.336 e. The van der Waals surface area contributed by atoms with Crippen molar-refractivity contribution in [2.45, 2.75) is 58.9 Å². The van der Waals surface area contributed by atoms with Crippen LogP contribution in [-0.2, 0) is 13.0 Å². The van der Waals surface area contributed by atoms with Crippen LogP contribution in [0.3, 0.4) is 0 Å². The number of benzene rings is 3. The lowest BCUT2D eigenvalue weighted by atomic mass is 9.99. The summed E-state index contributed by atoms with van der Waals surface area (Å²) in [6, 6.07) is 22.0. The molecule has 202 valence electrons. The van der Waals surface area contributed by atoms with Gasteiger partial charge in [0.15, 0.2) is 0 Å². The molecular formula is C33H38N4O2. The molecule has 0 saturated carbocycles. The van der Waals surface area contributed by atoms with Crippen molar-refractivity contribution in [2.24, 2.45) is 4.99 Å². The number of rotatable bonds is 12.